The van der Waals surface area contributed by atoms with Gasteiger partial charge in [-0.05, 0) is 97.7 Å². The molecule has 0 amide bonds. The summed E-state index contributed by atoms with van der Waals surface area (Å²) in [7, 11) is 0. The van der Waals surface area contributed by atoms with E-state index in [0.717, 1.165) is 19.3 Å². The zero-order valence-corrected chi connectivity index (χ0v) is 30.2. The van der Waals surface area contributed by atoms with Crippen molar-refractivity contribution in [2.24, 2.45) is 46.3 Å². The summed E-state index contributed by atoms with van der Waals surface area (Å²) in [6.07, 6.45) is -10.0. The number of rotatable bonds is 10. The third-order valence-electron chi connectivity index (χ3n) is 14.7. The van der Waals surface area contributed by atoms with Crippen LogP contribution in [0.3, 0.4) is 0 Å². The first kappa shape index (κ1) is 40.6. The van der Waals surface area contributed by atoms with Gasteiger partial charge < -0.3 is 70.4 Å². The van der Waals surface area contributed by atoms with Crippen molar-refractivity contribution in [1.82, 2.24) is 0 Å². The van der Waals surface area contributed by atoms with E-state index < -0.39 is 97.9 Å². The van der Waals surface area contributed by atoms with Crippen LogP contribution in [0.15, 0.2) is 0 Å². The molecule has 0 aromatic carbocycles. The monoisotopic (exact) mass is 748 g/mol. The Labute approximate surface area is 303 Å². The number of esters is 1. The Balaban J connectivity index is 1.18. The highest BCUT2D eigenvalue weighted by Gasteiger charge is 2.67. The van der Waals surface area contributed by atoms with Crippen molar-refractivity contribution in [3.63, 3.8) is 0 Å². The summed E-state index contributed by atoms with van der Waals surface area (Å²) in [4.78, 5) is 13.6. The third kappa shape index (κ3) is 6.36. The second-order valence-electron chi connectivity index (χ2n) is 17.2. The molecule has 6 rings (SSSR count). The molecule has 11 N–H and O–H groups in total. The Morgan fingerprint density at radius 2 is 1.48 bits per heavy atom. The van der Waals surface area contributed by atoms with E-state index in [1.165, 1.54) is 0 Å². The van der Waals surface area contributed by atoms with Gasteiger partial charge in [-0.3, -0.25) is 9.53 Å². The summed E-state index contributed by atoms with van der Waals surface area (Å²) < 4.78 is 22.2. The van der Waals surface area contributed by atoms with Crippen LogP contribution in [0, 0.1) is 46.3 Å². The van der Waals surface area contributed by atoms with E-state index in [4.69, 9.17) is 18.9 Å². The van der Waals surface area contributed by atoms with Crippen molar-refractivity contribution in [2.75, 3.05) is 19.8 Å². The molecule has 4 aliphatic carbocycles. The SMILES string of the molecule is CC(CCC(=O)O[C@@]1(OC2(CO)O[C@H](CO)[C@@H](O)[C@@H]2O)O[C@H](CO)[C@@H](O)[C@H](O)[C@H]1O)C1CCC2C3C(O)CC4CC(O)CCC4(C)C3CC(O)C12C. The van der Waals surface area contributed by atoms with E-state index in [1.54, 1.807) is 0 Å². The number of ether oxygens (including phenoxy) is 4. The molecule has 20 atom stereocenters. The van der Waals surface area contributed by atoms with Crippen molar-refractivity contribution >= 4 is 5.97 Å². The maximum atomic E-state index is 13.6. The Kier molecular flexibility index (Phi) is 11.5. The minimum Gasteiger partial charge on any atom is -0.405 e. The van der Waals surface area contributed by atoms with Gasteiger partial charge in [0.05, 0.1) is 31.5 Å². The highest BCUT2D eigenvalue weighted by atomic mass is 16.9. The van der Waals surface area contributed by atoms with Gasteiger partial charge in [0.15, 0.2) is 6.10 Å². The fourth-order valence-electron chi connectivity index (χ4n) is 11.7. The summed E-state index contributed by atoms with van der Waals surface area (Å²) >= 11 is 0. The van der Waals surface area contributed by atoms with Gasteiger partial charge >= 0.3 is 11.9 Å². The fraction of sp³-hybridized carbons (Fsp3) is 0.972. The number of hydrogen-bond donors (Lipinski definition) is 11. The largest absolute Gasteiger partial charge is 0.405 e. The molecule has 300 valence electrons. The van der Waals surface area contributed by atoms with Crippen molar-refractivity contribution in [1.29, 1.82) is 0 Å². The van der Waals surface area contributed by atoms with Gasteiger partial charge in [0.1, 0.15) is 43.2 Å². The highest BCUT2D eigenvalue weighted by molar-refractivity contribution is 5.69. The Hall–Kier alpha value is -1.09. The predicted molar refractivity (Wildman–Crippen MR) is 176 cm³/mol. The lowest BCUT2D eigenvalue weighted by atomic mass is 9.43. The van der Waals surface area contributed by atoms with Gasteiger partial charge in [-0.25, -0.2) is 0 Å². The standard InChI is InChI=1S/C36H60O16/c1-16(19-5-6-20-27-21(12-25(42)34(19,20)3)33(2)9-8-18(40)10-17(33)11-22(27)41)4-7-26(43)51-36(32(48)30(46)28(44)23(13-37)50-36)52-35(15-39)31(47)29(45)24(14-38)49-35/h16-25,27-32,37-42,44-48H,4-15H2,1-3H3/t16?,17?,18?,19?,20?,21?,22?,23-,24-,25?,27?,28-,29-,30+,31+,32-,33?,34?,35?,36+/m1/s1. The van der Waals surface area contributed by atoms with E-state index >= 15 is 0 Å². The molecule has 0 spiro atoms. The quantitative estimate of drug-likeness (QED) is 0.0840. The average Bonchev–Trinajstić information content (AvgIpc) is 3.59. The molecule has 0 bridgehead atoms. The van der Waals surface area contributed by atoms with Crippen molar-refractivity contribution in [3.8, 4) is 0 Å². The first-order chi connectivity index (χ1) is 24.4. The Morgan fingerprint density at radius 3 is 2.12 bits per heavy atom. The zero-order chi connectivity index (χ0) is 38.1. The zero-order valence-electron chi connectivity index (χ0n) is 30.2. The molecule has 6 fully saturated rings. The van der Waals surface area contributed by atoms with Crippen molar-refractivity contribution in [2.45, 2.75) is 151 Å². The van der Waals surface area contributed by atoms with Crippen LogP contribution < -0.4 is 0 Å². The van der Waals surface area contributed by atoms with Crippen LogP contribution in [0.1, 0.15) is 78.6 Å². The van der Waals surface area contributed by atoms with Gasteiger partial charge in [-0.15, -0.1) is 0 Å². The maximum Gasteiger partial charge on any atom is 0.362 e. The number of carbonyl (C=O) groups is 1. The van der Waals surface area contributed by atoms with Gasteiger partial charge in [-0.2, -0.15) is 0 Å². The molecule has 16 nitrogen and oxygen atoms in total. The minimum atomic E-state index is -3.07. The minimum absolute atomic E-state index is 0.00574. The molecule has 0 aromatic rings. The number of fused-ring (bicyclic) bond motifs is 5. The summed E-state index contributed by atoms with van der Waals surface area (Å²) in [6.45, 7) is 3.36. The van der Waals surface area contributed by atoms with Crippen LogP contribution in [0.2, 0.25) is 0 Å². The number of aliphatic hydroxyl groups is 11. The first-order valence-electron chi connectivity index (χ1n) is 19.0. The molecule has 2 saturated heterocycles. The Morgan fingerprint density at radius 1 is 0.808 bits per heavy atom. The summed E-state index contributed by atoms with van der Waals surface area (Å²) in [5.74, 6) is -6.53. The van der Waals surface area contributed by atoms with Gasteiger partial charge in [-0.1, -0.05) is 20.8 Å². The van der Waals surface area contributed by atoms with Gasteiger partial charge in [0.25, 0.3) is 0 Å². The molecule has 12 unspecified atom stereocenters. The number of hydrogen-bond acceptors (Lipinski definition) is 16. The lowest BCUT2D eigenvalue weighted by Gasteiger charge is -2.63. The second-order valence-corrected chi connectivity index (χ2v) is 17.2. The van der Waals surface area contributed by atoms with Gasteiger partial charge in [0, 0.05) is 6.42 Å². The van der Waals surface area contributed by atoms with Crippen LogP contribution in [0.4, 0.5) is 0 Å². The molecular weight excluding hydrogens is 688 g/mol. The third-order valence-corrected chi connectivity index (χ3v) is 14.7. The topological polar surface area (TPSA) is 277 Å². The van der Waals surface area contributed by atoms with Crippen LogP contribution in [-0.2, 0) is 23.7 Å². The van der Waals surface area contributed by atoms with E-state index in [0.29, 0.717) is 25.7 Å². The molecule has 52 heavy (non-hydrogen) atoms. The molecular formula is C36H60O16. The van der Waals surface area contributed by atoms with Crippen LogP contribution >= 0.6 is 0 Å². The highest BCUT2D eigenvalue weighted by Crippen LogP contribution is 2.68. The maximum absolute atomic E-state index is 13.6. The summed E-state index contributed by atoms with van der Waals surface area (Å²) in [5, 5.41) is 117. The molecule has 4 saturated carbocycles. The van der Waals surface area contributed by atoms with Crippen LogP contribution in [0.25, 0.3) is 0 Å². The lowest BCUT2D eigenvalue weighted by molar-refractivity contribution is -0.498. The van der Waals surface area contributed by atoms with Crippen molar-refractivity contribution in [3.05, 3.63) is 0 Å². The average molecular weight is 749 g/mol. The lowest BCUT2D eigenvalue weighted by Crippen LogP contribution is -2.70. The van der Waals surface area contributed by atoms with Crippen molar-refractivity contribution < 1.29 is 79.9 Å². The summed E-state index contributed by atoms with van der Waals surface area (Å²) in [6, 6.07) is 0. The van der Waals surface area contributed by atoms with E-state index in [-0.39, 0.29) is 59.9 Å². The molecule has 0 radical (unpaired) electrons. The van der Waals surface area contributed by atoms with Gasteiger partial charge in [0.2, 0.25) is 5.79 Å². The summed E-state index contributed by atoms with van der Waals surface area (Å²) in [5.41, 5.74) is -0.620. The smallest absolute Gasteiger partial charge is 0.362 e. The van der Waals surface area contributed by atoms with E-state index in [9.17, 15) is 61.0 Å². The fourth-order valence-corrected chi connectivity index (χ4v) is 11.7. The number of aliphatic hydroxyl groups excluding tert-OH is 11. The molecule has 6 aliphatic rings. The first-order valence-corrected chi connectivity index (χ1v) is 19.0. The molecule has 2 aliphatic heterocycles. The molecule has 0 aromatic heterocycles. The van der Waals surface area contributed by atoms with Crippen LogP contribution in [0.5, 0.6) is 0 Å². The molecule has 16 heteroatoms. The van der Waals surface area contributed by atoms with E-state index in [2.05, 4.69) is 13.8 Å². The van der Waals surface area contributed by atoms with Crippen LogP contribution in [-0.4, -0.2) is 155 Å². The van der Waals surface area contributed by atoms with E-state index in [1.807, 2.05) is 6.92 Å². The predicted octanol–water partition coefficient (Wildman–Crippen LogP) is -2.15. The Bertz CT molecular complexity index is 1270. The normalized spacial score (nSPS) is 53.8. The molecule has 2 heterocycles. The number of carbonyl (C=O) groups excluding carboxylic acids is 1. The second kappa shape index (κ2) is 14.8.